The van der Waals surface area contributed by atoms with E-state index in [2.05, 4.69) is 30.1 Å². The van der Waals surface area contributed by atoms with Crippen molar-refractivity contribution in [1.29, 1.82) is 5.26 Å². The lowest BCUT2D eigenvalue weighted by Gasteiger charge is -2.25. The fourth-order valence-corrected chi connectivity index (χ4v) is 1.44. The highest BCUT2D eigenvalue weighted by Crippen LogP contribution is 2.01. The van der Waals surface area contributed by atoms with Gasteiger partial charge in [-0.05, 0) is 20.0 Å². The van der Waals surface area contributed by atoms with E-state index in [1.165, 1.54) is 0 Å². The lowest BCUT2D eigenvalue weighted by molar-refractivity contribution is 0.143. The summed E-state index contributed by atoms with van der Waals surface area (Å²) in [6.07, 6.45) is 0. The van der Waals surface area contributed by atoms with Crippen LogP contribution in [0.15, 0.2) is 0 Å². The van der Waals surface area contributed by atoms with Crippen molar-refractivity contribution in [1.82, 2.24) is 10.2 Å². The third kappa shape index (κ3) is 5.73. The number of nitrogens with zero attached hydrogens (tertiary/aromatic N) is 2. The Hall–Kier alpha value is -0.630. The summed E-state index contributed by atoms with van der Waals surface area (Å²) < 4.78 is 5.01. The van der Waals surface area contributed by atoms with Crippen LogP contribution in [0.3, 0.4) is 0 Å². The zero-order chi connectivity index (χ0) is 11.7. The molecule has 1 unspecified atom stereocenters. The van der Waals surface area contributed by atoms with Crippen molar-refractivity contribution >= 4 is 0 Å². The number of methoxy groups -OCH3 is 1. The predicted octanol–water partition coefficient (Wildman–Crippen LogP) is 0.846. The third-order valence-electron chi connectivity index (χ3n) is 2.52. The molecule has 0 aromatic carbocycles. The zero-order valence-electron chi connectivity index (χ0n) is 10.3. The van der Waals surface area contributed by atoms with E-state index in [9.17, 15) is 0 Å². The second-order valence-corrected chi connectivity index (χ2v) is 3.83. The van der Waals surface area contributed by atoms with Crippen molar-refractivity contribution < 1.29 is 4.74 Å². The molecular weight excluding hydrogens is 190 g/mol. The molecule has 0 aliphatic heterocycles. The quantitative estimate of drug-likeness (QED) is 0.649. The molecule has 0 heterocycles. The van der Waals surface area contributed by atoms with Gasteiger partial charge in [0.1, 0.15) is 5.54 Å². The highest BCUT2D eigenvalue weighted by atomic mass is 16.5. The minimum Gasteiger partial charge on any atom is -0.382 e. The Morgan fingerprint density at radius 3 is 2.40 bits per heavy atom. The maximum atomic E-state index is 8.99. The smallest absolute Gasteiger partial charge is 0.127 e. The molecule has 4 heteroatoms. The number of nitriles is 1. The van der Waals surface area contributed by atoms with Gasteiger partial charge in [0.15, 0.2) is 0 Å². The molecule has 0 amide bonds. The number of hydrogen-bond acceptors (Lipinski definition) is 4. The normalized spacial score (nSPS) is 14.9. The minimum atomic E-state index is -0.568. The van der Waals surface area contributed by atoms with Crippen molar-refractivity contribution in [2.45, 2.75) is 26.3 Å². The van der Waals surface area contributed by atoms with Gasteiger partial charge in [-0.2, -0.15) is 5.26 Å². The van der Waals surface area contributed by atoms with Crippen LogP contribution >= 0.6 is 0 Å². The Morgan fingerprint density at radius 2 is 2.00 bits per heavy atom. The summed E-state index contributed by atoms with van der Waals surface area (Å²) in [6.45, 7) is 10.4. The van der Waals surface area contributed by atoms with Crippen molar-refractivity contribution in [3.8, 4) is 6.07 Å². The van der Waals surface area contributed by atoms with Crippen molar-refractivity contribution in [3.05, 3.63) is 0 Å². The van der Waals surface area contributed by atoms with Gasteiger partial charge < -0.3 is 9.64 Å². The van der Waals surface area contributed by atoms with Gasteiger partial charge in [0.25, 0.3) is 0 Å². The summed E-state index contributed by atoms with van der Waals surface area (Å²) in [7, 11) is 1.61. The van der Waals surface area contributed by atoms with Crippen LogP contribution in [0, 0.1) is 11.3 Å². The van der Waals surface area contributed by atoms with Crippen LogP contribution < -0.4 is 5.32 Å². The third-order valence-corrected chi connectivity index (χ3v) is 2.52. The van der Waals surface area contributed by atoms with E-state index in [1.807, 2.05) is 6.92 Å². The molecule has 0 aromatic heterocycles. The molecule has 0 radical (unpaired) electrons. The molecule has 0 rings (SSSR count). The van der Waals surface area contributed by atoms with Crippen molar-refractivity contribution in [2.75, 3.05) is 39.9 Å². The summed E-state index contributed by atoms with van der Waals surface area (Å²) in [5, 5.41) is 12.2. The first-order valence-corrected chi connectivity index (χ1v) is 5.49. The number of nitrogens with one attached hydrogen (secondary N) is 1. The summed E-state index contributed by atoms with van der Waals surface area (Å²) >= 11 is 0. The van der Waals surface area contributed by atoms with Crippen molar-refractivity contribution in [2.24, 2.45) is 0 Å². The van der Waals surface area contributed by atoms with E-state index >= 15 is 0 Å². The Labute approximate surface area is 93.2 Å². The number of hydrogen-bond donors (Lipinski definition) is 1. The minimum absolute atomic E-state index is 0.418. The molecule has 0 bridgehead atoms. The van der Waals surface area contributed by atoms with Gasteiger partial charge >= 0.3 is 0 Å². The van der Waals surface area contributed by atoms with E-state index in [1.54, 1.807) is 7.11 Å². The second kappa shape index (κ2) is 7.63. The fraction of sp³-hybridized carbons (Fsp3) is 0.909. The average Bonchev–Trinajstić information content (AvgIpc) is 2.25. The predicted molar refractivity (Wildman–Crippen MR) is 61.7 cm³/mol. The average molecular weight is 213 g/mol. The Balaban J connectivity index is 3.87. The monoisotopic (exact) mass is 213 g/mol. The topological polar surface area (TPSA) is 48.3 Å². The Bertz CT molecular complexity index is 198. The molecule has 0 fully saturated rings. The first-order valence-electron chi connectivity index (χ1n) is 5.49. The number of likely N-dealkylation sites (N-methyl/N-ethyl adjacent to an activating group) is 1. The highest BCUT2D eigenvalue weighted by molar-refractivity contribution is 5.03. The molecule has 0 aliphatic carbocycles. The molecule has 1 atom stereocenters. The van der Waals surface area contributed by atoms with E-state index in [0.29, 0.717) is 6.61 Å². The molecule has 0 spiro atoms. The maximum Gasteiger partial charge on any atom is 0.127 e. The molecule has 0 aromatic rings. The Morgan fingerprint density at radius 1 is 1.40 bits per heavy atom. The van der Waals surface area contributed by atoms with Gasteiger partial charge in [0.05, 0.1) is 12.7 Å². The molecule has 88 valence electrons. The molecular formula is C11H23N3O. The summed E-state index contributed by atoms with van der Waals surface area (Å²) in [5.74, 6) is 0. The molecule has 4 nitrogen and oxygen atoms in total. The first kappa shape index (κ1) is 14.4. The van der Waals surface area contributed by atoms with Crippen LogP contribution in [-0.2, 0) is 4.74 Å². The van der Waals surface area contributed by atoms with E-state index in [-0.39, 0.29) is 0 Å². The summed E-state index contributed by atoms with van der Waals surface area (Å²) in [4.78, 5) is 2.32. The van der Waals surface area contributed by atoms with Gasteiger partial charge in [-0.3, -0.25) is 5.32 Å². The van der Waals surface area contributed by atoms with Crippen LogP contribution in [0.4, 0.5) is 0 Å². The van der Waals surface area contributed by atoms with Gasteiger partial charge in [-0.1, -0.05) is 13.8 Å². The van der Waals surface area contributed by atoms with E-state index in [4.69, 9.17) is 10.00 Å². The first-order chi connectivity index (χ1) is 7.11. The SMILES string of the molecule is CCN(CC)CCNC(C)(C#N)COC. The molecule has 1 N–H and O–H groups in total. The molecule has 0 saturated heterocycles. The summed E-state index contributed by atoms with van der Waals surface area (Å²) in [5.41, 5.74) is -0.568. The highest BCUT2D eigenvalue weighted by Gasteiger charge is 2.22. The van der Waals surface area contributed by atoms with Crippen LogP contribution in [0.5, 0.6) is 0 Å². The second-order valence-electron chi connectivity index (χ2n) is 3.83. The zero-order valence-corrected chi connectivity index (χ0v) is 10.3. The lowest BCUT2D eigenvalue weighted by Crippen LogP contribution is -2.47. The van der Waals surface area contributed by atoms with Gasteiger partial charge in [0, 0.05) is 20.2 Å². The van der Waals surface area contributed by atoms with Crippen LogP contribution in [0.2, 0.25) is 0 Å². The van der Waals surface area contributed by atoms with Gasteiger partial charge in [0.2, 0.25) is 0 Å². The van der Waals surface area contributed by atoms with Crippen molar-refractivity contribution in [3.63, 3.8) is 0 Å². The maximum absolute atomic E-state index is 8.99. The molecule has 0 aliphatic rings. The number of rotatable bonds is 8. The van der Waals surface area contributed by atoms with Gasteiger partial charge in [-0.25, -0.2) is 0 Å². The lowest BCUT2D eigenvalue weighted by atomic mass is 10.1. The van der Waals surface area contributed by atoms with E-state index < -0.39 is 5.54 Å². The number of ether oxygens (including phenoxy) is 1. The Kier molecular flexibility index (Phi) is 7.31. The largest absolute Gasteiger partial charge is 0.382 e. The van der Waals surface area contributed by atoms with Gasteiger partial charge in [-0.15, -0.1) is 0 Å². The van der Waals surface area contributed by atoms with Crippen LogP contribution in [-0.4, -0.2) is 50.3 Å². The standard InChI is InChI=1S/C11H23N3O/c1-5-14(6-2)8-7-13-11(3,9-12)10-15-4/h13H,5-8,10H2,1-4H3. The fourth-order valence-electron chi connectivity index (χ4n) is 1.44. The molecule has 0 saturated carbocycles. The van der Waals surface area contributed by atoms with E-state index in [0.717, 1.165) is 26.2 Å². The van der Waals surface area contributed by atoms with Crippen LogP contribution in [0.1, 0.15) is 20.8 Å². The summed E-state index contributed by atoms with van der Waals surface area (Å²) in [6, 6.07) is 2.23. The van der Waals surface area contributed by atoms with Crippen LogP contribution in [0.25, 0.3) is 0 Å². The molecule has 15 heavy (non-hydrogen) atoms.